The number of hydrogen-bond donors (Lipinski definition) is 3. The van der Waals surface area contributed by atoms with Crippen molar-refractivity contribution in [1.29, 1.82) is 0 Å². The second kappa shape index (κ2) is 14.2. The van der Waals surface area contributed by atoms with Gasteiger partial charge in [-0.3, -0.25) is 4.79 Å². The number of ether oxygens (including phenoxy) is 2. The molecule has 0 bridgehead atoms. The zero-order valence-corrected chi connectivity index (χ0v) is 24.6. The standard InChI is InChI=1S/C31H30F9NO5/c1-16-9-26(45-3)24(14-25(16)46-8-4-5-27(42)43)23-7-6-20(29(32,33)34)12-19(23)15-41-17(2)28(44)18-10-21(30(35,36)37)13-22(11-18)31(38,39)40/h6-7,9-14,17,28,41,44H,4-5,8,15H2,1-3H3,(H,42,43)/t17-,28-/m0/s1. The van der Waals surface area contributed by atoms with E-state index in [2.05, 4.69) is 5.32 Å². The average Bonchev–Trinajstić information content (AvgIpc) is 2.96. The molecule has 0 heterocycles. The van der Waals surface area contributed by atoms with Crippen LogP contribution in [0.2, 0.25) is 0 Å². The van der Waals surface area contributed by atoms with E-state index >= 15 is 0 Å². The van der Waals surface area contributed by atoms with Crippen molar-refractivity contribution in [2.45, 2.75) is 63.9 Å². The Balaban J connectivity index is 2.00. The molecule has 252 valence electrons. The van der Waals surface area contributed by atoms with Crippen molar-refractivity contribution < 1.29 is 64.0 Å². The van der Waals surface area contributed by atoms with Crippen LogP contribution in [0.1, 0.15) is 59.3 Å². The van der Waals surface area contributed by atoms with Crippen molar-refractivity contribution >= 4 is 5.97 Å². The smallest absolute Gasteiger partial charge is 0.416 e. The predicted octanol–water partition coefficient (Wildman–Crippen LogP) is 8.18. The van der Waals surface area contributed by atoms with Crippen LogP contribution in [-0.2, 0) is 29.9 Å². The maximum absolute atomic E-state index is 13.7. The summed E-state index contributed by atoms with van der Waals surface area (Å²) < 4.78 is 132. The van der Waals surface area contributed by atoms with Crippen LogP contribution in [0.4, 0.5) is 39.5 Å². The Hall–Kier alpha value is -3.98. The molecule has 3 aromatic rings. The molecular formula is C31H30F9NO5. The molecule has 15 heteroatoms. The van der Waals surface area contributed by atoms with E-state index in [0.29, 0.717) is 23.4 Å². The molecule has 0 saturated carbocycles. The molecule has 0 fully saturated rings. The van der Waals surface area contributed by atoms with Crippen molar-refractivity contribution in [3.8, 4) is 22.6 Å². The predicted molar refractivity (Wildman–Crippen MR) is 148 cm³/mol. The number of carbonyl (C=O) groups is 1. The maximum atomic E-state index is 13.7. The number of halogens is 9. The Bertz CT molecular complexity index is 1500. The van der Waals surface area contributed by atoms with Crippen molar-refractivity contribution in [2.75, 3.05) is 13.7 Å². The highest BCUT2D eigenvalue weighted by Crippen LogP contribution is 2.41. The zero-order valence-electron chi connectivity index (χ0n) is 24.6. The molecule has 3 rings (SSSR count). The average molecular weight is 668 g/mol. The fourth-order valence-corrected chi connectivity index (χ4v) is 4.60. The van der Waals surface area contributed by atoms with Gasteiger partial charge in [0.1, 0.15) is 11.5 Å². The number of aryl methyl sites for hydroxylation is 1. The summed E-state index contributed by atoms with van der Waals surface area (Å²) in [6, 6.07) is 5.32. The normalized spacial score (nSPS) is 13.8. The second-order valence-electron chi connectivity index (χ2n) is 10.5. The zero-order chi connectivity index (χ0) is 34.6. The molecule has 0 aliphatic carbocycles. The molecule has 0 aliphatic rings. The number of aliphatic hydroxyl groups is 1. The Morgan fingerprint density at radius 3 is 1.93 bits per heavy atom. The number of carboxylic acid groups (broad SMARTS) is 1. The van der Waals surface area contributed by atoms with Crippen molar-refractivity contribution in [3.05, 3.63) is 81.9 Å². The molecular weight excluding hydrogens is 637 g/mol. The minimum absolute atomic E-state index is 0.00729. The fourth-order valence-electron chi connectivity index (χ4n) is 4.60. The van der Waals surface area contributed by atoms with E-state index in [1.54, 1.807) is 13.0 Å². The maximum Gasteiger partial charge on any atom is 0.416 e. The number of nitrogens with one attached hydrogen (secondary N) is 1. The van der Waals surface area contributed by atoms with E-state index < -0.39 is 65.4 Å². The van der Waals surface area contributed by atoms with Gasteiger partial charge in [0, 0.05) is 24.6 Å². The van der Waals surface area contributed by atoms with Gasteiger partial charge in [-0.05, 0) is 85.0 Å². The molecule has 46 heavy (non-hydrogen) atoms. The summed E-state index contributed by atoms with van der Waals surface area (Å²) in [5.41, 5.74) is -3.90. The van der Waals surface area contributed by atoms with Crippen LogP contribution in [-0.4, -0.2) is 35.9 Å². The van der Waals surface area contributed by atoms with Gasteiger partial charge in [-0.2, -0.15) is 39.5 Å². The van der Waals surface area contributed by atoms with Crippen LogP contribution in [0.3, 0.4) is 0 Å². The minimum Gasteiger partial charge on any atom is -0.496 e. The van der Waals surface area contributed by atoms with E-state index in [0.717, 1.165) is 12.1 Å². The Morgan fingerprint density at radius 1 is 0.826 bits per heavy atom. The first-order valence-electron chi connectivity index (χ1n) is 13.7. The lowest BCUT2D eigenvalue weighted by Crippen LogP contribution is -2.32. The number of methoxy groups -OCH3 is 1. The third-order valence-corrected chi connectivity index (χ3v) is 7.05. The van der Waals surface area contributed by atoms with Gasteiger partial charge in [-0.1, -0.05) is 6.07 Å². The topological polar surface area (TPSA) is 88.0 Å². The van der Waals surface area contributed by atoms with Gasteiger partial charge in [0.2, 0.25) is 0 Å². The highest BCUT2D eigenvalue weighted by atomic mass is 19.4. The quantitative estimate of drug-likeness (QED) is 0.133. The molecule has 0 aliphatic heterocycles. The van der Waals surface area contributed by atoms with Gasteiger partial charge in [-0.15, -0.1) is 0 Å². The Morgan fingerprint density at radius 2 is 1.41 bits per heavy atom. The molecule has 3 aromatic carbocycles. The molecule has 2 atom stereocenters. The number of alkyl halides is 9. The number of hydrogen-bond acceptors (Lipinski definition) is 5. The van der Waals surface area contributed by atoms with Gasteiger partial charge in [0.25, 0.3) is 0 Å². The van der Waals surface area contributed by atoms with Gasteiger partial charge in [0.05, 0.1) is 36.5 Å². The fraction of sp³-hybridized carbons (Fsp3) is 0.387. The minimum atomic E-state index is -5.15. The lowest BCUT2D eigenvalue weighted by atomic mass is 9.94. The molecule has 0 saturated heterocycles. The third-order valence-electron chi connectivity index (χ3n) is 7.05. The Kier molecular flexibility index (Phi) is 11.3. The van der Waals surface area contributed by atoms with Crippen LogP contribution in [0.15, 0.2) is 48.5 Å². The monoisotopic (exact) mass is 667 g/mol. The first-order valence-corrected chi connectivity index (χ1v) is 13.7. The molecule has 0 aromatic heterocycles. The van der Waals surface area contributed by atoms with Gasteiger partial charge >= 0.3 is 24.5 Å². The molecule has 0 spiro atoms. The van der Waals surface area contributed by atoms with Crippen LogP contribution in [0, 0.1) is 6.92 Å². The lowest BCUT2D eigenvalue weighted by molar-refractivity contribution is -0.143. The Labute approximate surface area is 257 Å². The number of benzene rings is 3. The van der Waals surface area contributed by atoms with E-state index in [1.807, 2.05) is 0 Å². The second-order valence-corrected chi connectivity index (χ2v) is 10.5. The molecule has 0 radical (unpaired) electrons. The SMILES string of the molecule is COc1cc(C)c(OCCCC(=O)O)cc1-c1ccc(C(F)(F)F)cc1CN[C@@H](C)[C@H](O)c1cc(C(F)(F)F)cc(C(F)(F)F)c1. The van der Waals surface area contributed by atoms with Gasteiger partial charge < -0.3 is 25.0 Å². The summed E-state index contributed by atoms with van der Waals surface area (Å²) in [4.78, 5) is 10.8. The summed E-state index contributed by atoms with van der Waals surface area (Å²) >= 11 is 0. The van der Waals surface area contributed by atoms with Gasteiger partial charge in [0.15, 0.2) is 0 Å². The highest BCUT2D eigenvalue weighted by molar-refractivity contribution is 5.76. The van der Waals surface area contributed by atoms with Gasteiger partial charge in [-0.25, -0.2) is 0 Å². The summed E-state index contributed by atoms with van der Waals surface area (Å²) in [5.74, 6) is -0.479. The molecule has 0 amide bonds. The van der Waals surface area contributed by atoms with E-state index in [4.69, 9.17) is 14.6 Å². The number of rotatable bonds is 12. The van der Waals surface area contributed by atoms with Crippen LogP contribution in [0.5, 0.6) is 11.5 Å². The first kappa shape index (κ1) is 36.5. The van der Waals surface area contributed by atoms with E-state index in [-0.39, 0.29) is 48.0 Å². The summed E-state index contributed by atoms with van der Waals surface area (Å²) in [7, 11) is 1.33. The van der Waals surface area contributed by atoms with Crippen molar-refractivity contribution in [2.24, 2.45) is 0 Å². The van der Waals surface area contributed by atoms with Crippen LogP contribution >= 0.6 is 0 Å². The van der Waals surface area contributed by atoms with Crippen molar-refractivity contribution in [3.63, 3.8) is 0 Å². The van der Waals surface area contributed by atoms with Crippen molar-refractivity contribution in [1.82, 2.24) is 5.32 Å². The third kappa shape index (κ3) is 9.28. The summed E-state index contributed by atoms with van der Waals surface area (Å²) in [5, 5.41) is 22.3. The van der Waals surface area contributed by atoms with Crippen LogP contribution < -0.4 is 14.8 Å². The summed E-state index contributed by atoms with van der Waals surface area (Å²) in [6.07, 6.45) is -16.9. The number of carboxylic acids is 1. The largest absolute Gasteiger partial charge is 0.496 e. The highest BCUT2D eigenvalue weighted by Gasteiger charge is 2.38. The lowest BCUT2D eigenvalue weighted by Gasteiger charge is -2.24. The van der Waals surface area contributed by atoms with E-state index in [9.17, 15) is 49.4 Å². The molecule has 6 nitrogen and oxygen atoms in total. The first-order chi connectivity index (χ1) is 21.2. The van der Waals surface area contributed by atoms with Crippen LogP contribution in [0.25, 0.3) is 11.1 Å². The summed E-state index contributed by atoms with van der Waals surface area (Å²) in [6.45, 7) is 2.55. The van der Waals surface area contributed by atoms with E-state index in [1.165, 1.54) is 26.2 Å². The number of aliphatic carboxylic acids is 1. The molecule has 3 N–H and O–H groups in total. The number of aliphatic hydroxyl groups excluding tert-OH is 1. The molecule has 0 unspecified atom stereocenters.